The van der Waals surface area contributed by atoms with E-state index in [1.165, 1.54) is 6.07 Å². The molecule has 0 bridgehead atoms. The predicted octanol–water partition coefficient (Wildman–Crippen LogP) is 3.03. The zero-order valence-electron chi connectivity index (χ0n) is 11.3. The first-order chi connectivity index (χ1) is 9.49. The first-order valence-electron chi connectivity index (χ1n) is 6.18. The molecule has 0 saturated heterocycles. The molecule has 2 aromatic rings. The van der Waals surface area contributed by atoms with E-state index in [0.717, 1.165) is 5.56 Å². The van der Waals surface area contributed by atoms with Crippen molar-refractivity contribution < 1.29 is 9.72 Å². The van der Waals surface area contributed by atoms with Gasteiger partial charge in [-0.3, -0.25) is 19.9 Å². The molecule has 5 heteroatoms. The zero-order valence-corrected chi connectivity index (χ0v) is 11.3. The lowest BCUT2D eigenvalue weighted by Gasteiger charge is -2.06. The lowest BCUT2D eigenvalue weighted by Crippen LogP contribution is -2.10. The van der Waals surface area contributed by atoms with E-state index in [9.17, 15) is 14.9 Å². The largest absolute Gasteiger partial charge is 0.293 e. The molecule has 0 aliphatic rings. The van der Waals surface area contributed by atoms with Gasteiger partial charge in [0.1, 0.15) is 0 Å². The third kappa shape index (κ3) is 2.88. The number of aryl methyl sites for hydroxylation is 2. The highest BCUT2D eigenvalue weighted by atomic mass is 16.6. The number of aromatic nitrogens is 1. The molecule has 0 atom stereocenters. The number of carbonyl (C=O) groups excluding carboxylic acids is 1. The first kappa shape index (κ1) is 13.9. The number of hydrogen-bond donors (Lipinski definition) is 0. The molecule has 1 heterocycles. The summed E-state index contributed by atoms with van der Waals surface area (Å²) in [4.78, 5) is 26.9. The summed E-state index contributed by atoms with van der Waals surface area (Å²) in [6, 6.07) is 8.25. The number of Topliss-reactive ketones (excluding diaryl/α,β-unsaturated/α-hetero) is 1. The monoisotopic (exact) mass is 270 g/mol. The number of rotatable bonds is 4. The van der Waals surface area contributed by atoms with Crippen LogP contribution in [0.15, 0.2) is 36.5 Å². The molecule has 0 radical (unpaired) electrons. The number of ketones is 1. The molecule has 102 valence electrons. The van der Waals surface area contributed by atoms with Gasteiger partial charge in [-0.05, 0) is 31.0 Å². The molecule has 5 nitrogen and oxygen atoms in total. The van der Waals surface area contributed by atoms with Crippen molar-refractivity contribution in [3.63, 3.8) is 0 Å². The van der Waals surface area contributed by atoms with Crippen LogP contribution in [-0.4, -0.2) is 15.7 Å². The lowest BCUT2D eigenvalue weighted by atomic mass is 9.99. The third-order valence-electron chi connectivity index (χ3n) is 3.04. The quantitative estimate of drug-likeness (QED) is 0.486. The highest BCUT2D eigenvalue weighted by Gasteiger charge is 2.22. The van der Waals surface area contributed by atoms with Gasteiger partial charge in [0.15, 0.2) is 5.78 Å². The van der Waals surface area contributed by atoms with Crippen LogP contribution in [0.4, 0.5) is 5.69 Å². The van der Waals surface area contributed by atoms with Crippen molar-refractivity contribution >= 4 is 11.5 Å². The second-order valence-electron chi connectivity index (χ2n) is 4.65. The van der Waals surface area contributed by atoms with Crippen LogP contribution in [0.5, 0.6) is 0 Å². The maximum Gasteiger partial charge on any atom is 0.280 e. The van der Waals surface area contributed by atoms with Gasteiger partial charge in [-0.2, -0.15) is 0 Å². The molecule has 0 amide bonds. The summed E-state index contributed by atoms with van der Waals surface area (Å²) < 4.78 is 0. The Hall–Kier alpha value is -2.56. The molecular weight excluding hydrogens is 256 g/mol. The van der Waals surface area contributed by atoms with Crippen molar-refractivity contribution in [3.05, 3.63) is 69.0 Å². The van der Waals surface area contributed by atoms with Crippen LogP contribution in [0.25, 0.3) is 0 Å². The highest BCUT2D eigenvalue weighted by molar-refractivity contribution is 6.02. The molecule has 0 N–H and O–H groups in total. The van der Waals surface area contributed by atoms with Crippen molar-refractivity contribution in [1.82, 2.24) is 4.98 Å². The molecule has 0 saturated carbocycles. The van der Waals surface area contributed by atoms with E-state index in [2.05, 4.69) is 4.98 Å². The predicted molar refractivity (Wildman–Crippen MR) is 74.8 cm³/mol. The minimum Gasteiger partial charge on any atom is -0.293 e. The summed E-state index contributed by atoms with van der Waals surface area (Å²) in [5, 5.41) is 11.0. The van der Waals surface area contributed by atoms with Crippen molar-refractivity contribution in [2.75, 3.05) is 0 Å². The fourth-order valence-electron chi connectivity index (χ4n) is 2.02. The highest BCUT2D eigenvalue weighted by Crippen LogP contribution is 2.23. The Morgan fingerprint density at radius 3 is 2.60 bits per heavy atom. The van der Waals surface area contributed by atoms with Crippen molar-refractivity contribution in [2.45, 2.75) is 20.3 Å². The van der Waals surface area contributed by atoms with Crippen LogP contribution in [0.2, 0.25) is 0 Å². The summed E-state index contributed by atoms with van der Waals surface area (Å²) >= 11 is 0. The Labute approximate surface area is 116 Å². The molecular formula is C15H14N2O3. The number of benzene rings is 1. The topological polar surface area (TPSA) is 73.1 Å². The molecule has 2 rings (SSSR count). The van der Waals surface area contributed by atoms with Gasteiger partial charge >= 0.3 is 0 Å². The second kappa shape index (κ2) is 5.61. The summed E-state index contributed by atoms with van der Waals surface area (Å²) in [6.07, 6.45) is 1.74. The van der Waals surface area contributed by atoms with Crippen molar-refractivity contribution in [2.24, 2.45) is 0 Å². The average Bonchev–Trinajstić information content (AvgIpc) is 2.40. The number of hydrogen-bond acceptors (Lipinski definition) is 4. The average molecular weight is 270 g/mol. The Morgan fingerprint density at radius 2 is 2.00 bits per heavy atom. The Bertz CT molecular complexity index is 663. The number of nitrogens with zero attached hydrogens (tertiary/aromatic N) is 2. The van der Waals surface area contributed by atoms with Gasteiger partial charge in [-0.25, -0.2) is 0 Å². The smallest absolute Gasteiger partial charge is 0.280 e. The number of nitro groups is 1. The van der Waals surface area contributed by atoms with E-state index in [0.29, 0.717) is 11.3 Å². The summed E-state index contributed by atoms with van der Waals surface area (Å²) in [7, 11) is 0. The molecule has 0 aliphatic heterocycles. The fraction of sp³-hybridized carbons (Fsp3) is 0.200. The van der Waals surface area contributed by atoms with Gasteiger partial charge in [0.25, 0.3) is 5.69 Å². The Kier molecular flexibility index (Phi) is 3.89. The fourth-order valence-corrected chi connectivity index (χ4v) is 2.02. The molecule has 0 spiro atoms. The van der Waals surface area contributed by atoms with E-state index in [1.807, 2.05) is 13.0 Å². The zero-order chi connectivity index (χ0) is 14.7. The number of pyridine rings is 1. The summed E-state index contributed by atoms with van der Waals surface area (Å²) in [6.45, 7) is 3.60. The van der Waals surface area contributed by atoms with E-state index < -0.39 is 4.92 Å². The third-order valence-corrected chi connectivity index (χ3v) is 3.04. The SMILES string of the molecule is Cc1ccc(CC(=O)c2c(C)cccc2[N+](=O)[O-])nc1. The maximum absolute atomic E-state index is 12.3. The molecule has 0 unspecified atom stereocenters. The van der Waals surface area contributed by atoms with Crippen LogP contribution in [-0.2, 0) is 6.42 Å². The van der Waals surface area contributed by atoms with Crippen LogP contribution < -0.4 is 0 Å². The van der Waals surface area contributed by atoms with Gasteiger partial charge in [0, 0.05) is 18.0 Å². The second-order valence-corrected chi connectivity index (χ2v) is 4.65. The van der Waals surface area contributed by atoms with Crippen LogP contribution >= 0.6 is 0 Å². The van der Waals surface area contributed by atoms with Crippen LogP contribution in [0.3, 0.4) is 0 Å². The Balaban J connectivity index is 2.34. The standard InChI is InChI=1S/C15H14N2O3/c1-10-6-7-12(16-9-10)8-14(18)15-11(2)4-3-5-13(15)17(19)20/h3-7,9H,8H2,1-2H3. The van der Waals surface area contributed by atoms with Gasteiger partial charge in [0.2, 0.25) is 0 Å². The van der Waals surface area contributed by atoms with Crippen molar-refractivity contribution in [1.29, 1.82) is 0 Å². The number of nitro benzene ring substituents is 1. The van der Waals surface area contributed by atoms with Gasteiger partial charge in [0.05, 0.1) is 16.9 Å². The minimum atomic E-state index is -0.525. The first-order valence-corrected chi connectivity index (χ1v) is 6.18. The van der Waals surface area contributed by atoms with Crippen LogP contribution in [0, 0.1) is 24.0 Å². The van der Waals surface area contributed by atoms with Gasteiger partial charge in [-0.1, -0.05) is 18.2 Å². The van der Waals surface area contributed by atoms with E-state index in [4.69, 9.17) is 0 Å². The van der Waals surface area contributed by atoms with Gasteiger partial charge < -0.3 is 0 Å². The van der Waals surface area contributed by atoms with E-state index >= 15 is 0 Å². The van der Waals surface area contributed by atoms with Gasteiger partial charge in [-0.15, -0.1) is 0 Å². The molecule has 0 fully saturated rings. The maximum atomic E-state index is 12.3. The number of carbonyl (C=O) groups is 1. The lowest BCUT2D eigenvalue weighted by molar-refractivity contribution is -0.385. The molecule has 1 aromatic heterocycles. The minimum absolute atomic E-state index is 0.0615. The normalized spacial score (nSPS) is 10.3. The molecule has 1 aromatic carbocycles. The summed E-state index contributed by atoms with van der Waals surface area (Å²) in [5.74, 6) is -0.286. The molecule has 20 heavy (non-hydrogen) atoms. The summed E-state index contributed by atoms with van der Waals surface area (Å²) in [5.41, 5.74) is 2.24. The molecule has 0 aliphatic carbocycles. The van der Waals surface area contributed by atoms with E-state index in [-0.39, 0.29) is 23.5 Å². The van der Waals surface area contributed by atoms with Crippen molar-refractivity contribution in [3.8, 4) is 0 Å². The van der Waals surface area contributed by atoms with Crippen LogP contribution in [0.1, 0.15) is 27.2 Å². The Morgan fingerprint density at radius 1 is 1.25 bits per heavy atom. The van der Waals surface area contributed by atoms with E-state index in [1.54, 1.807) is 31.3 Å².